The number of unbranched alkanes of at least 4 members (excludes halogenated alkanes) is 9. The molecule has 0 unspecified atom stereocenters. The van der Waals surface area contributed by atoms with Crippen molar-refractivity contribution >= 4 is 5.97 Å². The van der Waals surface area contributed by atoms with Crippen LogP contribution in [0.2, 0.25) is 0 Å². The van der Waals surface area contributed by atoms with Crippen molar-refractivity contribution in [2.24, 2.45) is 0 Å². The van der Waals surface area contributed by atoms with E-state index >= 15 is 0 Å². The predicted octanol–water partition coefficient (Wildman–Crippen LogP) is 1.28. The van der Waals surface area contributed by atoms with E-state index in [0.29, 0.717) is 5.75 Å². The number of rotatable bonds is 14. The summed E-state index contributed by atoms with van der Waals surface area (Å²) in [5.74, 6) is -0.611. The van der Waals surface area contributed by atoms with Gasteiger partial charge >= 0.3 is 51.4 Å². The second-order valence-electron chi connectivity index (χ2n) is 6.24. The van der Waals surface area contributed by atoms with Gasteiger partial charge in [0.1, 0.15) is 12.4 Å². The van der Waals surface area contributed by atoms with Crippen molar-refractivity contribution in [2.75, 3.05) is 6.61 Å². The average Bonchev–Trinajstić information content (AvgIpc) is 2.55. The first-order valence-electron chi connectivity index (χ1n) is 9.14. The standard InChI is InChI=1S/C20H32O3.K/c1-2-3-4-5-6-7-8-9-10-11-12-18-13-15-19(16-14-18)23-17-20(21)22;/h13-16H,2-12,17H2,1H3,(H,21,22);/q;+1/p-1. The molecule has 0 saturated heterocycles. The van der Waals surface area contributed by atoms with Crippen LogP contribution in [0.5, 0.6) is 5.75 Å². The van der Waals surface area contributed by atoms with Gasteiger partial charge in [0.15, 0.2) is 0 Å². The molecule has 0 aliphatic carbocycles. The Kier molecular flexibility index (Phi) is 16.7. The summed E-state index contributed by atoms with van der Waals surface area (Å²) >= 11 is 0. The van der Waals surface area contributed by atoms with Crippen molar-refractivity contribution in [3.05, 3.63) is 29.8 Å². The Morgan fingerprint density at radius 3 is 1.88 bits per heavy atom. The van der Waals surface area contributed by atoms with Crippen LogP contribution in [-0.2, 0) is 11.2 Å². The molecule has 0 aliphatic heterocycles. The summed E-state index contributed by atoms with van der Waals surface area (Å²) < 4.78 is 5.07. The van der Waals surface area contributed by atoms with Gasteiger partial charge in [-0.2, -0.15) is 0 Å². The van der Waals surface area contributed by atoms with Crippen LogP contribution in [0, 0.1) is 0 Å². The molecule has 0 heterocycles. The van der Waals surface area contributed by atoms with Gasteiger partial charge in [0.05, 0.1) is 5.97 Å². The number of hydrogen-bond acceptors (Lipinski definition) is 3. The van der Waals surface area contributed by atoms with E-state index in [9.17, 15) is 9.90 Å². The molecule has 0 radical (unpaired) electrons. The van der Waals surface area contributed by atoms with Crippen LogP contribution in [0.25, 0.3) is 0 Å². The minimum Gasteiger partial charge on any atom is -0.546 e. The van der Waals surface area contributed by atoms with Gasteiger partial charge in [0.2, 0.25) is 0 Å². The van der Waals surface area contributed by atoms with Gasteiger partial charge in [-0.1, -0.05) is 76.8 Å². The normalized spacial score (nSPS) is 10.2. The van der Waals surface area contributed by atoms with Crippen molar-refractivity contribution < 1.29 is 66.0 Å². The van der Waals surface area contributed by atoms with E-state index < -0.39 is 12.6 Å². The van der Waals surface area contributed by atoms with Gasteiger partial charge in [0, 0.05) is 0 Å². The number of carbonyl (C=O) groups excluding carboxylic acids is 1. The Bertz CT molecular complexity index is 417. The van der Waals surface area contributed by atoms with Gasteiger partial charge in [-0.15, -0.1) is 0 Å². The molecule has 0 bridgehead atoms. The zero-order valence-electron chi connectivity index (χ0n) is 15.5. The van der Waals surface area contributed by atoms with E-state index in [-0.39, 0.29) is 51.4 Å². The molecule has 0 fully saturated rings. The Morgan fingerprint density at radius 2 is 1.38 bits per heavy atom. The predicted molar refractivity (Wildman–Crippen MR) is 92.5 cm³/mol. The third-order valence-electron chi connectivity index (χ3n) is 4.10. The maximum Gasteiger partial charge on any atom is 1.00 e. The maximum atomic E-state index is 10.3. The van der Waals surface area contributed by atoms with E-state index in [1.165, 1.54) is 69.8 Å². The Morgan fingerprint density at radius 1 is 0.875 bits per heavy atom. The molecule has 0 amide bonds. The van der Waals surface area contributed by atoms with Crippen LogP contribution < -0.4 is 61.2 Å². The number of aliphatic carboxylic acids is 1. The molecular weight excluding hydrogens is 327 g/mol. The van der Waals surface area contributed by atoms with E-state index in [0.717, 1.165) is 6.42 Å². The number of hydrogen-bond donors (Lipinski definition) is 0. The zero-order chi connectivity index (χ0) is 16.8. The van der Waals surface area contributed by atoms with Crippen LogP contribution >= 0.6 is 0 Å². The minimum atomic E-state index is -1.19. The van der Waals surface area contributed by atoms with Crippen LogP contribution in [-0.4, -0.2) is 12.6 Å². The van der Waals surface area contributed by atoms with Crippen LogP contribution in [0.1, 0.15) is 76.7 Å². The monoisotopic (exact) mass is 358 g/mol. The van der Waals surface area contributed by atoms with Gasteiger partial charge in [-0.3, -0.25) is 0 Å². The number of ether oxygens (including phenoxy) is 1. The number of aryl methyl sites for hydroxylation is 1. The summed E-state index contributed by atoms with van der Waals surface area (Å²) in [6, 6.07) is 7.68. The van der Waals surface area contributed by atoms with E-state index in [1.54, 1.807) is 0 Å². The molecule has 0 saturated carbocycles. The van der Waals surface area contributed by atoms with E-state index in [1.807, 2.05) is 24.3 Å². The van der Waals surface area contributed by atoms with Crippen LogP contribution in [0.4, 0.5) is 0 Å². The molecule has 0 aliphatic rings. The quantitative estimate of drug-likeness (QED) is 0.372. The van der Waals surface area contributed by atoms with Crippen LogP contribution in [0.3, 0.4) is 0 Å². The van der Waals surface area contributed by atoms with E-state index in [2.05, 4.69) is 6.92 Å². The number of carboxylic acid groups (broad SMARTS) is 1. The summed E-state index contributed by atoms with van der Waals surface area (Å²) in [7, 11) is 0. The molecule has 0 N–H and O–H groups in total. The molecule has 0 spiro atoms. The van der Waals surface area contributed by atoms with Crippen LogP contribution in [0.15, 0.2) is 24.3 Å². The van der Waals surface area contributed by atoms with Crippen molar-refractivity contribution in [3.63, 3.8) is 0 Å². The zero-order valence-corrected chi connectivity index (χ0v) is 18.6. The average molecular weight is 359 g/mol. The molecule has 4 heteroatoms. The van der Waals surface area contributed by atoms with Crippen molar-refractivity contribution in [1.82, 2.24) is 0 Å². The number of carbonyl (C=O) groups is 1. The number of carboxylic acids is 1. The maximum absolute atomic E-state index is 10.3. The fourth-order valence-electron chi connectivity index (χ4n) is 2.71. The van der Waals surface area contributed by atoms with E-state index in [4.69, 9.17) is 4.74 Å². The second-order valence-corrected chi connectivity index (χ2v) is 6.24. The molecule has 1 rings (SSSR count). The largest absolute Gasteiger partial charge is 1.00 e. The molecule has 0 aromatic heterocycles. The minimum absolute atomic E-state index is 0. The molecule has 3 nitrogen and oxygen atoms in total. The fourth-order valence-corrected chi connectivity index (χ4v) is 2.71. The third-order valence-corrected chi connectivity index (χ3v) is 4.10. The summed E-state index contributed by atoms with van der Waals surface area (Å²) in [4.78, 5) is 10.3. The summed E-state index contributed by atoms with van der Waals surface area (Å²) in [5.41, 5.74) is 1.28. The Labute approximate surface area is 190 Å². The van der Waals surface area contributed by atoms with Gasteiger partial charge in [-0.25, -0.2) is 0 Å². The SMILES string of the molecule is CCCCCCCCCCCCc1ccc(OCC(=O)[O-])cc1.[K+]. The topological polar surface area (TPSA) is 49.4 Å². The Balaban J connectivity index is 0.00000529. The van der Waals surface area contributed by atoms with Crippen molar-refractivity contribution in [2.45, 2.75) is 77.6 Å². The van der Waals surface area contributed by atoms with Crippen molar-refractivity contribution in [3.8, 4) is 5.75 Å². The Hall–Kier alpha value is 0.126. The summed E-state index contributed by atoms with van der Waals surface area (Å²) in [5, 5.41) is 10.3. The van der Waals surface area contributed by atoms with Gasteiger partial charge in [0.25, 0.3) is 0 Å². The first-order valence-corrected chi connectivity index (χ1v) is 9.14. The van der Waals surface area contributed by atoms with Gasteiger partial charge in [-0.05, 0) is 30.5 Å². The third kappa shape index (κ3) is 13.4. The molecular formula is C20H31KO3. The number of benzene rings is 1. The van der Waals surface area contributed by atoms with Gasteiger partial charge < -0.3 is 14.6 Å². The fraction of sp³-hybridized carbons (Fsp3) is 0.650. The molecule has 130 valence electrons. The summed E-state index contributed by atoms with van der Waals surface area (Å²) in [6.45, 7) is 1.87. The first-order chi connectivity index (χ1) is 11.2. The smallest absolute Gasteiger partial charge is 0.546 e. The summed E-state index contributed by atoms with van der Waals surface area (Å²) in [6.07, 6.45) is 14.6. The molecule has 1 aromatic rings. The van der Waals surface area contributed by atoms with Crippen molar-refractivity contribution in [1.29, 1.82) is 0 Å². The molecule has 1 aromatic carbocycles. The molecule has 0 atom stereocenters. The first kappa shape index (κ1) is 24.1. The molecule has 24 heavy (non-hydrogen) atoms. The second kappa shape index (κ2) is 16.6.